The summed E-state index contributed by atoms with van der Waals surface area (Å²) in [4.78, 5) is 0. The van der Waals surface area contributed by atoms with Gasteiger partial charge in [0.25, 0.3) is 0 Å². The molecule has 3 aromatic carbocycles. The van der Waals surface area contributed by atoms with Crippen molar-refractivity contribution in [3.63, 3.8) is 0 Å². The first-order valence-corrected chi connectivity index (χ1v) is 18.5. The molecule has 0 N–H and O–H groups in total. The van der Waals surface area contributed by atoms with Crippen LogP contribution >= 0.6 is 0 Å². The van der Waals surface area contributed by atoms with Crippen molar-refractivity contribution in [2.75, 3.05) is 0 Å². The average molecular weight is 469 g/mol. The van der Waals surface area contributed by atoms with Crippen LogP contribution in [-0.4, -0.2) is 27.6 Å². The molecule has 3 rings (SSSR count). The maximum Gasteiger partial charge on any atom is 1.00 e. The van der Waals surface area contributed by atoms with E-state index in [-0.39, 0.29) is 48.8 Å². The van der Waals surface area contributed by atoms with E-state index < -0.39 is 16.1 Å². The topological polar surface area (TPSA) is 44.6 Å². The molecule has 0 saturated heterocycles. The Morgan fingerprint density at radius 1 is 0.500 bits per heavy atom. The fourth-order valence-corrected chi connectivity index (χ4v) is 9.00. The largest absolute Gasteiger partial charge is 1.00 e. The van der Waals surface area contributed by atoms with Gasteiger partial charge in [-0.1, -0.05) is 124 Å². The van der Waals surface area contributed by atoms with Gasteiger partial charge in [-0.2, -0.15) is 11.4 Å². The van der Waals surface area contributed by atoms with Crippen LogP contribution in [0.4, 0.5) is 0 Å². The Kier molecular flexibility index (Phi) is 11.3. The van der Waals surface area contributed by atoms with Crippen molar-refractivity contribution in [2.24, 2.45) is 0 Å². The van der Waals surface area contributed by atoms with Gasteiger partial charge in [-0.3, -0.25) is 0 Å². The second-order valence-corrected chi connectivity index (χ2v) is 21.3. The Bertz CT molecular complexity index is 1000. The summed E-state index contributed by atoms with van der Waals surface area (Å²) in [5, 5.41) is 23.1. The molecule has 0 bridgehead atoms. The number of benzene rings is 3. The fourth-order valence-electron chi connectivity index (χ4n) is 4.64. The summed E-state index contributed by atoms with van der Waals surface area (Å²) in [5.74, 6) is 0. The van der Waals surface area contributed by atoms with Crippen molar-refractivity contribution in [1.82, 2.24) is 0 Å². The zero-order valence-electron chi connectivity index (χ0n) is 22.1. The van der Waals surface area contributed by atoms with E-state index in [0.717, 1.165) is 22.3 Å². The average Bonchev–Trinajstić information content (AvgIpc) is 2.74. The van der Waals surface area contributed by atoms with Crippen LogP contribution in [0.5, 0.6) is 0 Å². The molecule has 0 aliphatic rings. The van der Waals surface area contributed by atoms with Crippen LogP contribution in [0.15, 0.2) is 84.9 Å². The number of hydrogen-bond donors (Lipinski definition) is 0. The molecule has 3 aromatic rings. The first-order chi connectivity index (χ1) is 15.0. The van der Waals surface area contributed by atoms with Crippen molar-refractivity contribution < 1.29 is 37.7 Å². The molecule has 166 valence electrons. The second kappa shape index (κ2) is 12.5. The van der Waals surface area contributed by atoms with Crippen LogP contribution in [0.1, 0.15) is 33.3 Å². The molecule has 0 aromatic heterocycles. The molecule has 0 saturated carbocycles. The van der Waals surface area contributed by atoms with Crippen LogP contribution in [-0.2, 0) is 0 Å². The van der Waals surface area contributed by atoms with Crippen molar-refractivity contribution in [1.29, 1.82) is 0 Å². The van der Waals surface area contributed by atoms with E-state index in [2.05, 4.69) is 63.5 Å². The minimum absolute atomic E-state index is 0. The molecule has 2 atom stereocenters. The predicted molar refractivity (Wildman–Crippen MR) is 146 cm³/mol. The second-order valence-electron chi connectivity index (χ2n) is 10.7. The van der Waals surface area contributed by atoms with Gasteiger partial charge in [-0.15, -0.1) is 0 Å². The summed E-state index contributed by atoms with van der Waals surface area (Å²) in [7, 11) is -3.77. The molecule has 0 aliphatic carbocycles. The van der Waals surface area contributed by atoms with E-state index in [1.165, 1.54) is 0 Å². The number of nitrogens with zero attached hydrogens (tertiary/aromatic N) is 2. The Morgan fingerprint density at radius 3 is 1.03 bits per heavy atom. The molecule has 0 heterocycles. The zero-order chi connectivity index (χ0) is 23.5. The standard InChI is InChI=1S/C28H34N2Si2.2Li/c1-31(2,3)27(25(29)21-15-9-7-10-16-21)23-19-13-14-20-24(23)28(32(4,5)6)26(30)22-17-11-8-12-18-22;;/h7-20,27-28H,1-6H3;;/q-2;2*+1. The van der Waals surface area contributed by atoms with Gasteiger partial charge in [0.1, 0.15) is 0 Å². The van der Waals surface area contributed by atoms with E-state index in [4.69, 9.17) is 0 Å². The molecule has 0 spiro atoms. The van der Waals surface area contributed by atoms with Crippen molar-refractivity contribution in [3.8, 4) is 0 Å². The molecule has 0 fully saturated rings. The zero-order valence-corrected chi connectivity index (χ0v) is 24.1. The van der Waals surface area contributed by atoms with Gasteiger partial charge in [0, 0.05) is 0 Å². The quantitative estimate of drug-likeness (QED) is 0.357. The van der Waals surface area contributed by atoms with E-state index in [1.807, 2.05) is 60.7 Å². The first kappa shape index (κ1) is 30.7. The molecule has 0 aliphatic heterocycles. The van der Waals surface area contributed by atoms with Crippen LogP contribution in [0.3, 0.4) is 0 Å². The van der Waals surface area contributed by atoms with Gasteiger partial charge in [0.05, 0.1) is 16.1 Å². The first-order valence-electron chi connectivity index (χ1n) is 11.3. The van der Waals surface area contributed by atoms with E-state index in [9.17, 15) is 10.8 Å². The maximum absolute atomic E-state index is 11.5. The molecule has 2 unspecified atom stereocenters. The summed E-state index contributed by atoms with van der Waals surface area (Å²) in [6, 6.07) is 28.2. The summed E-state index contributed by atoms with van der Waals surface area (Å²) < 4.78 is 0. The normalized spacial score (nSPS) is 13.1. The minimum atomic E-state index is -1.89. The van der Waals surface area contributed by atoms with Crippen molar-refractivity contribution >= 4 is 27.6 Å². The van der Waals surface area contributed by atoms with Gasteiger partial charge in [-0.05, 0) is 33.3 Å². The molecule has 0 amide bonds. The van der Waals surface area contributed by atoms with E-state index in [0.29, 0.717) is 11.4 Å². The fraction of sp³-hybridized carbons (Fsp3) is 0.286. The summed E-state index contributed by atoms with van der Waals surface area (Å²) in [6.07, 6.45) is 0. The van der Waals surface area contributed by atoms with Gasteiger partial charge < -0.3 is 10.8 Å². The molecule has 34 heavy (non-hydrogen) atoms. The van der Waals surface area contributed by atoms with Gasteiger partial charge in [0.15, 0.2) is 0 Å². The Labute approximate surface area is 232 Å². The Morgan fingerprint density at radius 2 is 0.765 bits per heavy atom. The monoisotopic (exact) mass is 468 g/mol. The molecular weight excluding hydrogens is 434 g/mol. The van der Waals surface area contributed by atoms with Crippen molar-refractivity contribution in [3.05, 3.63) is 118 Å². The Balaban J connectivity index is 0.00000289. The minimum Gasteiger partial charge on any atom is -0.807 e. The Hall–Kier alpha value is -1.37. The van der Waals surface area contributed by atoms with Gasteiger partial charge >= 0.3 is 37.7 Å². The number of hydrogen-bond acceptors (Lipinski definition) is 0. The SMILES string of the molecule is C[Si](C)(C)C(C(=[N-])c1ccccc1)c1ccccc1C(C(=[N-])c1ccccc1)[Si](C)(C)C.[Li+].[Li+]. The van der Waals surface area contributed by atoms with Crippen LogP contribution in [0, 0.1) is 0 Å². The molecular formula is C28H34Li2N2Si2. The third-order valence-electron chi connectivity index (χ3n) is 6.04. The third-order valence-corrected chi connectivity index (χ3v) is 10.7. The number of rotatable bonds is 8. The smallest absolute Gasteiger partial charge is 0.807 e. The predicted octanol–water partition coefficient (Wildman–Crippen LogP) is 1.73. The van der Waals surface area contributed by atoms with Crippen LogP contribution < -0.4 is 37.7 Å². The summed E-state index contributed by atoms with van der Waals surface area (Å²) >= 11 is 0. The maximum atomic E-state index is 11.5. The molecule has 2 nitrogen and oxygen atoms in total. The molecule has 0 radical (unpaired) electrons. The van der Waals surface area contributed by atoms with E-state index in [1.54, 1.807) is 0 Å². The summed E-state index contributed by atoms with van der Waals surface area (Å²) in [6.45, 7) is 13.8. The van der Waals surface area contributed by atoms with Crippen LogP contribution in [0.2, 0.25) is 39.3 Å². The third kappa shape index (κ3) is 7.08. The molecule has 6 heteroatoms. The van der Waals surface area contributed by atoms with Gasteiger partial charge in [0.2, 0.25) is 0 Å². The van der Waals surface area contributed by atoms with Gasteiger partial charge in [-0.25, -0.2) is 0 Å². The summed E-state index contributed by atoms with van der Waals surface area (Å²) in [5.41, 5.74) is 4.76. The van der Waals surface area contributed by atoms with E-state index >= 15 is 0 Å². The van der Waals surface area contributed by atoms with Crippen molar-refractivity contribution in [2.45, 2.75) is 50.4 Å². The van der Waals surface area contributed by atoms with Crippen LogP contribution in [0.25, 0.3) is 10.8 Å².